The van der Waals surface area contributed by atoms with Gasteiger partial charge in [0.2, 0.25) is 5.91 Å². The number of benzene rings is 1. The Bertz CT molecular complexity index is 1090. The molecule has 0 bridgehead atoms. The Kier molecular flexibility index (Phi) is 4.12. The molecule has 140 valence electrons. The Hall–Kier alpha value is -3.13. The molecule has 1 N–H and O–H groups in total. The third-order valence-electron chi connectivity index (χ3n) is 5.94. The van der Waals surface area contributed by atoms with Gasteiger partial charge in [-0.1, -0.05) is 6.07 Å². The van der Waals surface area contributed by atoms with Crippen LogP contribution in [-0.2, 0) is 24.2 Å². The van der Waals surface area contributed by atoms with Crippen LogP contribution >= 0.6 is 0 Å². The topological polar surface area (TPSA) is 70.7 Å². The molecule has 5 heteroatoms. The smallest absolute Gasteiger partial charge is 0.223 e. The zero-order chi connectivity index (χ0) is 19.1. The molecule has 0 aliphatic heterocycles. The average molecular weight is 370 g/mol. The van der Waals surface area contributed by atoms with E-state index in [-0.39, 0.29) is 17.9 Å². The van der Waals surface area contributed by atoms with Crippen LogP contribution < -0.4 is 5.32 Å². The van der Waals surface area contributed by atoms with Gasteiger partial charge < -0.3 is 9.88 Å². The average Bonchev–Trinajstić information content (AvgIpc) is 3.54. The lowest BCUT2D eigenvalue weighted by Crippen LogP contribution is -2.39. The van der Waals surface area contributed by atoms with Gasteiger partial charge in [0.25, 0.3) is 0 Å². The Morgan fingerprint density at radius 1 is 1.25 bits per heavy atom. The Morgan fingerprint density at radius 3 is 2.89 bits per heavy atom. The summed E-state index contributed by atoms with van der Waals surface area (Å²) in [6, 6.07) is 14.4. The predicted octanol–water partition coefficient (Wildman–Crippen LogP) is 3.34. The van der Waals surface area contributed by atoms with Crippen LogP contribution in [-0.4, -0.2) is 21.5 Å². The minimum atomic E-state index is 0.181. The van der Waals surface area contributed by atoms with Crippen molar-refractivity contribution in [2.75, 3.05) is 0 Å². The van der Waals surface area contributed by atoms with Gasteiger partial charge in [0, 0.05) is 34.8 Å². The fourth-order valence-corrected chi connectivity index (χ4v) is 4.34. The Balaban J connectivity index is 1.54. The highest BCUT2D eigenvalue weighted by Crippen LogP contribution is 2.34. The van der Waals surface area contributed by atoms with Crippen molar-refractivity contribution in [3.05, 3.63) is 65.1 Å². The number of rotatable bonds is 4. The number of hydrogen-bond acceptors (Lipinski definition) is 3. The lowest BCUT2D eigenvalue weighted by atomic mass is 9.91. The maximum atomic E-state index is 12.2. The SMILES string of the molecule is N#Cc1ccc2c(c1)c1c(n2Cc2ccccn2)CCC(NC(=O)C2CC2)C1. The minimum Gasteiger partial charge on any atom is -0.353 e. The highest BCUT2D eigenvalue weighted by molar-refractivity contribution is 5.87. The first-order valence-corrected chi connectivity index (χ1v) is 9.97. The van der Waals surface area contributed by atoms with Crippen molar-refractivity contribution >= 4 is 16.8 Å². The van der Waals surface area contributed by atoms with Crippen LogP contribution in [0.5, 0.6) is 0 Å². The van der Waals surface area contributed by atoms with E-state index in [1.165, 1.54) is 11.3 Å². The molecule has 1 unspecified atom stereocenters. The van der Waals surface area contributed by atoms with Crippen molar-refractivity contribution in [1.82, 2.24) is 14.9 Å². The van der Waals surface area contributed by atoms with Crippen molar-refractivity contribution in [3.63, 3.8) is 0 Å². The van der Waals surface area contributed by atoms with Crippen molar-refractivity contribution < 1.29 is 4.79 Å². The summed E-state index contributed by atoms with van der Waals surface area (Å²) in [6.07, 6.45) is 6.58. The van der Waals surface area contributed by atoms with Crippen LogP contribution in [0.3, 0.4) is 0 Å². The number of hydrogen-bond donors (Lipinski definition) is 1. The number of amides is 1. The summed E-state index contributed by atoms with van der Waals surface area (Å²) in [6.45, 7) is 0.720. The van der Waals surface area contributed by atoms with Crippen LogP contribution in [0, 0.1) is 17.2 Å². The van der Waals surface area contributed by atoms with E-state index in [1.54, 1.807) is 0 Å². The molecule has 2 aliphatic carbocycles. The van der Waals surface area contributed by atoms with Crippen molar-refractivity contribution in [2.24, 2.45) is 5.92 Å². The second-order valence-corrected chi connectivity index (χ2v) is 7.90. The number of fused-ring (bicyclic) bond motifs is 3. The summed E-state index contributed by atoms with van der Waals surface area (Å²) >= 11 is 0. The summed E-state index contributed by atoms with van der Waals surface area (Å²) in [5, 5.41) is 13.7. The summed E-state index contributed by atoms with van der Waals surface area (Å²) < 4.78 is 2.34. The summed E-state index contributed by atoms with van der Waals surface area (Å²) in [4.78, 5) is 16.7. The first-order valence-electron chi connectivity index (χ1n) is 9.97. The summed E-state index contributed by atoms with van der Waals surface area (Å²) in [5.41, 5.74) is 5.43. The maximum Gasteiger partial charge on any atom is 0.223 e. The molecule has 2 aliphatic rings. The second-order valence-electron chi connectivity index (χ2n) is 7.90. The molecule has 1 saturated carbocycles. The van der Waals surface area contributed by atoms with E-state index >= 15 is 0 Å². The molecule has 3 aromatic rings. The van der Waals surface area contributed by atoms with Crippen LogP contribution in [0.25, 0.3) is 10.9 Å². The molecule has 2 heterocycles. The molecular formula is C23H22N4O. The number of carbonyl (C=O) groups is 1. The number of nitrogens with one attached hydrogen (secondary N) is 1. The van der Waals surface area contributed by atoms with E-state index in [1.807, 2.05) is 42.6 Å². The normalized spacial score (nSPS) is 18.5. The van der Waals surface area contributed by atoms with E-state index in [9.17, 15) is 10.1 Å². The number of pyridine rings is 1. The monoisotopic (exact) mass is 370 g/mol. The van der Waals surface area contributed by atoms with Crippen LogP contribution in [0.2, 0.25) is 0 Å². The fraction of sp³-hybridized carbons (Fsp3) is 0.348. The third-order valence-corrected chi connectivity index (χ3v) is 5.94. The van der Waals surface area contributed by atoms with Crippen molar-refractivity contribution in [2.45, 2.75) is 44.7 Å². The molecule has 1 fully saturated rings. The second kappa shape index (κ2) is 6.79. The first kappa shape index (κ1) is 17.0. The van der Waals surface area contributed by atoms with Gasteiger partial charge in [-0.05, 0) is 68.0 Å². The molecule has 5 rings (SSSR count). The molecule has 1 atom stereocenters. The summed E-state index contributed by atoms with van der Waals surface area (Å²) in [7, 11) is 0. The van der Waals surface area contributed by atoms with Gasteiger partial charge in [-0.15, -0.1) is 0 Å². The molecule has 0 saturated heterocycles. The van der Waals surface area contributed by atoms with Gasteiger partial charge in [0.15, 0.2) is 0 Å². The van der Waals surface area contributed by atoms with Crippen LogP contribution in [0.15, 0.2) is 42.6 Å². The van der Waals surface area contributed by atoms with E-state index < -0.39 is 0 Å². The number of aromatic nitrogens is 2. The number of nitriles is 1. The molecule has 5 nitrogen and oxygen atoms in total. The fourth-order valence-electron chi connectivity index (χ4n) is 4.34. The standard InChI is InChI=1S/C23H22N4O/c24-13-15-4-8-21-19(11-15)20-12-17(26-23(28)16-5-6-16)7-9-22(20)27(21)14-18-3-1-2-10-25-18/h1-4,8,10-11,16-17H,5-7,9,12,14H2,(H,26,28). The predicted molar refractivity (Wildman–Crippen MR) is 107 cm³/mol. The molecule has 2 aromatic heterocycles. The van der Waals surface area contributed by atoms with E-state index in [4.69, 9.17) is 0 Å². The number of nitrogens with zero attached hydrogens (tertiary/aromatic N) is 3. The third kappa shape index (κ3) is 3.05. The highest BCUT2D eigenvalue weighted by atomic mass is 16.2. The van der Waals surface area contributed by atoms with E-state index in [0.717, 1.165) is 55.2 Å². The first-order chi connectivity index (χ1) is 13.7. The summed E-state index contributed by atoms with van der Waals surface area (Å²) in [5.74, 6) is 0.445. The van der Waals surface area contributed by atoms with Crippen molar-refractivity contribution in [3.8, 4) is 6.07 Å². The zero-order valence-electron chi connectivity index (χ0n) is 15.7. The Labute approximate surface area is 164 Å². The van der Waals surface area contributed by atoms with Crippen LogP contribution in [0.1, 0.15) is 41.8 Å². The van der Waals surface area contributed by atoms with Gasteiger partial charge in [0.05, 0.1) is 23.9 Å². The lowest BCUT2D eigenvalue weighted by molar-refractivity contribution is -0.123. The number of carbonyl (C=O) groups excluding carboxylic acids is 1. The maximum absolute atomic E-state index is 12.2. The quantitative estimate of drug-likeness (QED) is 0.766. The lowest BCUT2D eigenvalue weighted by Gasteiger charge is -2.25. The van der Waals surface area contributed by atoms with Crippen LogP contribution in [0.4, 0.5) is 0 Å². The van der Waals surface area contributed by atoms with E-state index in [0.29, 0.717) is 5.56 Å². The zero-order valence-corrected chi connectivity index (χ0v) is 15.7. The van der Waals surface area contributed by atoms with Crippen molar-refractivity contribution in [1.29, 1.82) is 5.26 Å². The van der Waals surface area contributed by atoms with Gasteiger partial charge in [-0.25, -0.2) is 0 Å². The Morgan fingerprint density at radius 2 is 2.14 bits per heavy atom. The molecule has 0 radical (unpaired) electrons. The van der Waals surface area contributed by atoms with Gasteiger partial charge in [-0.2, -0.15) is 5.26 Å². The van der Waals surface area contributed by atoms with Gasteiger partial charge in [0.1, 0.15) is 0 Å². The molecular weight excluding hydrogens is 348 g/mol. The van der Waals surface area contributed by atoms with Gasteiger partial charge in [-0.3, -0.25) is 9.78 Å². The molecule has 28 heavy (non-hydrogen) atoms. The molecule has 0 spiro atoms. The van der Waals surface area contributed by atoms with Gasteiger partial charge >= 0.3 is 0 Å². The van der Waals surface area contributed by atoms with E-state index in [2.05, 4.69) is 20.9 Å². The highest BCUT2D eigenvalue weighted by Gasteiger charge is 2.33. The molecule has 1 aromatic carbocycles. The minimum absolute atomic E-state index is 0.181. The largest absolute Gasteiger partial charge is 0.353 e. The molecule has 1 amide bonds.